The third-order valence-electron chi connectivity index (χ3n) is 2.17. The van der Waals surface area contributed by atoms with Crippen molar-refractivity contribution in [1.29, 1.82) is 0 Å². The van der Waals surface area contributed by atoms with E-state index in [1.54, 1.807) is 0 Å². The third-order valence-corrected chi connectivity index (χ3v) is 2.17. The SMILES string of the molecule is BC(C)(C)C(=O)C(C)OCCC(C)C. The fourth-order valence-electron chi connectivity index (χ4n) is 1.17. The minimum Gasteiger partial charge on any atom is -0.371 e. The van der Waals surface area contributed by atoms with Crippen LogP contribution in [-0.4, -0.2) is 26.3 Å². The van der Waals surface area contributed by atoms with Crippen molar-refractivity contribution in [2.75, 3.05) is 6.61 Å². The first-order chi connectivity index (χ1) is 6.25. The van der Waals surface area contributed by atoms with Crippen LogP contribution in [0.2, 0.25) is 5.31 Å². The van der Waals surface area contributed by atoms with Gasteiger partial charge in [0.2, 0.25) is 0 Å². The molecular formula is C11H23BO2. The van der Waals surface area contributed by atoms with Crippen molar-refractivity contribution >= 4 is 13.6 Å². The summed E-state index contributed by atoms with van der Waals surface area (Å²) >= 11 is 0. The molecule has 0 rings (SSSR count). The second-order valence-electron chi connectivity index (χ2n) is 5.31. The highest BCUT2D eigenvalue weighted by Crippen LogP contribution is 2.22. The molecule has 0 N–H and O–H groups in total. The van der Waals surface area contributed by atoms with Crippen molar-refractivity contribution in [3.05, 3.63) is 0 Å². The first kappa shape index (κ1) is 13.7. The van der Waals surface area contributed by atoms with Gasteiger partial charge < -0.3 is 4.74 Å². The highest BCUT2D eigenvalue weighted by atomic mass is 16.5. The zero-order valence-corrected chi connectivity index (χ0v) is 10.4. The molecule has 0 aromatic rings. The molecule has 14 heavy (non-hydrogen) atoms. The molecule has 0 saturated heterocycles. The number of carbonyl (C=O) groups is 1. The van der Waals surface area contributed by atoms with E-state index in [1.807, 2.05) is 28.6 Å². The van der Waals surface area contributed by atoms with Gasteiger partial charge in [0.05, 0.1) is 0 Å². The molecule has 0 amide bonds. The van der Waals surface area contributed by atoms with Gasteiger partial charge in [-0.2, -0.15) is 0 Å². The number of hydrogen-bond donors (Lipinski definition) is 0. The summed E-state index contributed by atoms with van der Waals surface area (Å²) in [6.07, 6.45) is 0.746. The van der Waals surface area contributed by atoms with Crippen LogP contribution in [0.15, 0.2) is 0 Å². The minimum absolute atomic E-state index is 0.182. The maximum absolute atomic E-state index is 11.7. The summed E-state index contributed by atoms with van der Waals surface area (Å²) in [6.45, 7) is 10.7. The number of hydrogen-bond acceptors (Lipinski definition) is 2. The van der Waals surface area contributed by atoms with Crippen LogP contribution in [0, 0.1) is 5.92 Å². The molecule has 2 nitrogen and oxygen atoms in total. The predicted molar refractivity (Wildman–Crippen MR) is 62.5 cm³/mol. The number of ether oxygens (including phenoxy) is 1. The van der Waals surface area contributed by atoms with Crippen LogP contribution in [0.1, 0.15) is 41.0 Å². The lowest BCUT2D eigenvalue weighted by atomic mass is 9.68. The summed E-state index contributed by atoms with van der Waals surface area (Å²) in [4.78, 5) is 11.7. The quantitative estimate of drug-likeness (QED) is 0.608. The fraction of sp³-hybridized carbons (Fsp3) is 0.909. The van der Waals surface area contributed by atoms with Gasteiger partial charge in [-0.3, -0.25) is 4.79 Å². The van der Waals surface area contributed by atoms with Crippen molar-refractivity contribution in [1.82, 2.24) is 0 Å². The van der Waals surface area contributed by atoms with E-state index in [4.69, 9.17) is 4.74 Å². The van der Waals surface area contributed by atoms with Crippen LogP contribution in [0.25, 0.3) is 0 Å². The highest BCUT2D eigenvalue weighted by molar-refractivity contribution is 6.28. The number of carbonyl (C=O) groups excluding carboxylic acids is 1. The highest BCUT2D eigenvalue weighted by Gasteiger charge is 2.26. The Morgan fingerprint density at radius 1 is 1.36 bits per heavy atom. The Morgan fingerprint density at radius 2 is 1.86 bits per heavy atom. The molecule has 0 aromatic carbocycles. The Labute approximate surface area is 88.8 Å². The van der Waals surface area contributed by atoms with E-state index in [9.17, 15) is 4.79 Å². The summed E-state index contributed by atoms with van der Waals surface area (Å²) in [5.41, 5.74) is 0. The van der Waals surface area contributed by atoms with Gasteiger partial charge in [0.1, 0.15) is 14.0 Å². The largest absolute Gasteiger partial charge is 0.371 e. The Balaban J connectivity index is 3.86. The molecular weight excluding hydrogens is 175 g/mol. The van der Waals surface area contributed by atoms with Crippen molar-refractivity contribution in [3.63, 3.8) is 0 Å². The Kier molecular flexibility index (Phi) is 5.42. The number of Topliss-reactive ketones (excluding diaryl/α,β-unsaturated/α-hetero) is 1. The third kappa shape index (κ3) is 5.43. The topological polar surface area (TPSA) is 26.3 Å². The molecule has 0 saturated carbocycles. The van der Waals surface area contributed by atoms with Gasteiger partial charge in [0.25, 0.3) is 0 Å². The molecule has 0 aromatic heterocycles. The monoisotopic (exact) mass is 198 g/mol. The van der Waals surface area contributed by atoms with Crippen LogP contribution in [0.3, 0.4) is 0 Å². The van der Waals surface area contributed by atoms with Gasteiger partial charge in [-0.15, -0.1) is 0 Å². The lowest BCUT2D eigenvalue weighted by Gasteiger charge is -2.22. The van der Waals surface area contributed by atoms with Gasteiger partial charge in [-0.25, -0.2) is 0 Å². The number of rotatable bonds is 6. The van der Waals surface area contributed by atoms with Gasteiger partial charge in [0.15, 0.2) is 5.78 Å². The maximum Gasteiger partial charge on any atom is 0.158 e. The molecule has 3 heteroatoms. The molecule has 0 fully saturated rings. The van der Waals surface area contributed by atoms with E-state index in [0.29, 0.717) is 12.5 Å². The lowest BCUT2D eigenvalue weighted by Crippen LogP contribution is -2.30. The van der Waals surface area contributed by atoms with Gasteiger partial charge in [0, 0.05) is 6.61 Å². The molecule has 0 aliphatic rings. The molecule has 0 heterocycles. The van der Waals surface area contributed by atoms with Crippen molar-refractivity contribution in [2.24, 2.45) is 5.92 Å². The van der Waals surface area contributed by atoms with Gasteiger partial charge in [-0.1, -0.05) is 27.7 Å². The zero-order valence-electron chi connectivity index (χ0n) is 10.4. The van der Waals surface area contributed by atoms with Gasteiger partial charge >= 0.3 is 0 Å². The predicted octanol–water partition coefficient (Wildman–Crippen LogP) is 1.84. The zero-order chi connectivity index (χ0) is 11.4. The normalized spacial score (nSPS) is 14.4. The van der Waals surface area contributed by atoms with Crippen LogP contribution in [0.5, 0.6) is 0 Å². The van der Waals surface area contributed by atoms with Crippen molar-refractivity contribution in [3.8, 4) is 0 Å². The van der Waals surface area contributed by atoms with Gasteiger partial charge in [-0.05, 0) is 24.6 Å². The maximum atomic E-state index is 11.7. The minimum atomic E-state index is -0.294. The second kappa shape index (κ2) is 5.55. The molecule has 0 spiro atoms. The molecule has 0 bridgehead atoms. The van der Waals surface area contributed by atoms with Crippen molar-refractivity contribution in [2.45, 2.75) is 52.5 Å². The van der Waals surface area contributed by atoms with Crippen LogP contribution in [-0.2, 0) is 9.53 Å². The summed E-state index contributed by atoms with van der Waals surface area (Å²) in [7, 11) is 1.93. The fourth-order valence-corrected chi connectivity index (χ4v) is 1.17. The Bertz CT molecular complexity index is 182. The molecule has 0 aliphatic heterocycles. The van der Waals surface area contributed by atoms with E-state index in [0.717, 1.165) is 6.42 Å². The average molecular weight is 198 g/mol. The summed E-state index contributed by atoms with van der Waals surface area (Å²) in [5, 5.41) is -0.294. The van der Waals surface area contributed by atoms with E-state index >= 15 is 0 Å². The standard InChI is InChI=1S/C11H23BO2/c1-8(2)6-7-14-9(3)10(13)11(4,5)12/h8-9H,6-7,12H2,1-5H3. The summed E-state index contributed by atoms with van der Waals surface area (Å²) in [5.74, 6) is 0.813. The molecule has 1 unspecified atom stereocenters. The smallest absolute Gasteiger partial charge is 0.158 e. The van der Waals surface area contributed by atoms with Crippen LogP contribution in [0.4, 0.5) is 0 Å². The molecule has 0 radical (unpaired) electrons. The van der Waals surface area contributed by atoms with E-state index < -0.39 is 0 Å². The average Bonchev–Trinajstić information content (AvgIpc) is 2.00. The molecule has 0 aliphatic carbocycles. The Hall–Kier alpha value is -0.305. The Morgan fingerprint density at radius 3 is 2.21 bits per heavy atom. The van der Waals surface area contributed by atoms with Crippen LogP contribution >= 0.6 is 0 Å². The molecule has 82 valence electrons. The van der Waals surface area contributed by atoms with Crippen molar-refractivity contribution < 1.29 is 9.53 Å². The summed E-state index contributed by atoms with van der Waals surface area (Å²) in [6, 6.07) is 0. The number of ketones is 1. The second-order valence-corrected chi connectivity index (χ2v) is 5.31. The van der Waals surface area contributed by atoms with E-state index in [2.05, 4.69) is 13.8 Å². The first-order valence-corrected chi connectivity index (χ1v) is 5.41. The van der Waals surface area contributed by atoms with E-state index in [1.165, 1.54) is 0 Å². The molecule has 1 atom stereocenters. The first-order valence-electron chi connectivity index (χ1n) is 5.41. The lowest BCUT2D eigenvalue weighted by molar-refractivity contribution is -0.131. The van der Waals surface area contributed by atoms with E-state index in [-0.39, 0.29) is 17.2 Å². The van der Waals surface area contributed by atoms with Crippen LogP contribution < -0.4 is 0 Å². The summed E-state index contributed by atoms with van der Waals surface area (Å²) < 4.78 is 5.49.